The van der Waals surface area contributed by atoms with Crippen molar-refractivity contribution in [3.05, 3.63) is 48.8 Å². The van der Waals surface area contributed by atoms with Gasteiger partial charge in [-0.05, 0) is 17.9 Å². The second kappa shape index (κ2) is 6.93. The Hall–Kier alpha value is -2.89. The first-order chi connectivity index (χ1) is 13.1. The zero-order chi connectivity index (χ0) is 20.7. The van der Waals surface area contributed by atoms with Crippen LogP contribution < -0.4 is 21.9 Å². The molecule has 0 radical (unpaired) electrons. The number of halogens is 3. The Labute approximate surface area is 159 Å². The number of nitrogens with zero attached hydrogens (tertiary/aromatic N) is 1. The maximum atomic E-state index is 14.1. The Morgan fingerprint density at radius 2 is 2.04 bits per heavy atom. The van der Waals surface area contributed by atoms with Crippen LogP contribution in [0.25, 0.3) is 0 Å². The first-order valence-corrected chi connectivity index (χ1v) is 9.13. The third-order valence-corrected chi connectivity index (χ3v) is 5.22. The summed E-state index contributed by atoms with van der Waals surface area (Å²) in [6.07, 6.45) is -4.29. The maximum Gasteiger partial charge on any atom is 0.425 e. The quantitative estimate of drug-likeness (QED) is 0.686. The predicted octanol–water partition coefficient (Wildman–Crippen LogP) is 1.54. The smallest absolute Gasteiger partial charge is 0.326 e. The molecule has 12 heteroatoms. The van der Waals surface area contributed by atoms with Gasteiger partial charge in [0.1, 0.15) is 11.4 Å². The van der Waals surface area contributed by atoms with Crippen LogP contribution in [0.3, 0.4) is 0 Å². The van der Waals surface area contributed by atoms with E-state index in [0.29, 0.717) is 12.8 Å². The summed E-state index contributed by atoms with van der Waals surface area (Å²) in [5.41, 5.74) is -7.00. The number of aromatic nitrogens is 2. The average molecular weight is 416 g/mol. The molecule has 0 aliphatic carbocycles. The average Bonchev–Trinajstić information content (AvgIpc) is 3.22. The van der Waals surface area contributed by atoms with Gasteiger partial charge in [-0.25, -0.2) is 4.79 Å². The summed E-state index contributed by atoms with van der Waals surface area (Å²) in [6.45, 7) is 1.79. The van der Waals surface area contributed by atoms with Crippen molar-refractivity contribution in [2.24, 2.45) is 0 Å². The van der Waals surface area contributed by atoms with Gasteiger partial charge in [0.05, 0.1) is 4.88 Å². The van der Waals surface area contributed by atoms with Crippen LogP contribution >= 0.6 is 11.3 Å². The van der Waals surface area contributed by atoms with Crippen LogP contribution in [0.4, 0.5) is 19.0 Å². The molecule has 1 aliphatic rings. The molecule has 0 unspecified atom stereocenters. The molecular weight excluding hydrogens is 401 g/mol. The number of nitrogens with one attached hydrogen (secondary N) is 3. The molecule has 2 amide bonds. The lowest BCUT2D eigenvalue weighted by Crippen LogP contribution is -2.62. The topological polar surface area (TPSA) is 113 Å². The fourth-order valence-corrected chi connectivity index (χ4v) is 3.61. The molecule has 0 saturated heterocycles. The standard InChI is InChI=1S/C16H15F3N4O4S/c1-2-3-6-23-10-9(12(25)21-14(23)27)15(13(26)20-10,16(17,18)19)22-11(24)8-5-4-7-28-8/h4-5,7H,2-3,6H2,1H3,(H,20,26)(H,22,24)(H,21,25,27)/t15-/m0/s1. The number of amides is 2. The molecule has 2 aromatic heterocycles. The van der Waals surface area contributed by atoms with E-state index in [2.05, 4.69) is 0 Å². The molecule has 0 fully saturated rings. The molecule has 2 aromatic rings. The van der Waals surface area contributed by atoms with Crippen LogP contribution in [0.1, 0.15) is 35.0 Å². The lowest BCUT2D eigenvalue weighted by molar-refractivity contribution is -0.196. The number of unbranched alkanes of at least 4 members (excludes halogenated alkanes) is 1. The van der Waals surface area contributed by atoms with E-state index in [1.54, 1.807) is 12.2 Å². The van der Waals surface area contributed by atoms with E-state index in [-0.39, 0.29) is 11.4 Å². The number of aromatic amines is 1. The third-order valence-electron chi connectivity index (χ3n) is 4.35. The van der Waals surface area contributed by atoms with Crippen molar-refractivity contribution in [3.63, 3.8) is 0 Å². The van der Waals surface area contributed by atoms with E-state index in [1.165, 1.54) is 17.5 Å². The minimum Gasteiger partial charge on any atom is -0.326 e. The fraction of sp³-hybridized carbons (Fsp3) is 0.375. The summed E-state index contributed by atoms with van der Waals surface area (Å²) in [6, 6.07) is 2.74. The first kappa shape index (κ1) is 19.9. The lowest BCUT2D eigenvalue weighted by atomic mass is 9.92. The van der Waals surface area contributed by atoms with Crippen LogP contribution in [-0.2, 0) is 16.9 Å². The second-order valence-corrected chi connectivity index (χ2v) is 7.07. The van der Waals surface area contributed by atoms with Gasteiger partial charge < -0.3 is 10.6 Å². The van der Waals surface area contributed by atoms with Gasteiger partial charge in [0.25, 0.3) is 22.9 Å². The van der Waals surface area contributed by atoms with Crippen LogP contribution in [0.2, 0.25) is 0 Å². The van der Waals surface area contributed by atoms with Crippen molar-refractivity contribution in [2.45, 2.75) is 38.0 Å². The van der Waals surface area contributed by atoms with Gasteiger partial charge in [-0.15, -0.1) is 11.3 Å². The summed E-state index contributed by atoms with van der Waals surface area (Å²) in [5.74, 6) is -3.38. The van der Waals surface area contributed by atoms with Gasteiger partial charge in [-0.2, -0.15) is 13.2 Å². The number of carbonyl (C=O) groups excluding carboxylic acids is 2. The molecule has 1 atom stereocenters. The highest BCUT2D eigenvalue weighted by Crippen LogP contribution is 2.45. The highest BCUT2D eigenvalue weighted by molar-refractivity contribution is 7.12. The second-order valence-electron chi connectivity index (χ2n) is 6.12. The molecule has 3 N–H and O–H groups in total. The van der Waals surface area contributed by atoms with E-state index < -0.39 is 46.2 Å². The molecule has 150 valence electrons. The predicted molar refractivity (Wildman–Crippen MR) is 94.4 cm³/mol. The number of anilines is 1. The highest BCUT2D eigenvalue weighted by Gasteiger charge is 2.68. The minimum atomic E-state index is -5.34. The van der Waals surface area contributed by atoms with Gasteiger partial charge in [0, 0.05) is 6.54 Å². The van der Waals surface area contributed by atoms with Crippen LogP contribution in [0.15, 0.2) is 27.1 Å². The van der Waals surface area contributed by atoms with Gasteiger partial charge in [-0.1, -0.05) is 19.4 Å². The normalized spacial score (nSPS) is 18.6. The number of rotatable bonds is 5. The van der Waals surface area contributed by atoms with Crippen molar-refractivity contribution in [2.75, 3.05) is 5.32 Å². The highest BCUT2D eigenvalue weighted by atomic mass is 32.1. The number of fused-ring (bicyclic) bond motifs is 1. The van der Waals surface area contributed by atoms with Crippen molar-refractivity contribution in [1.29, 1.82) is 0 Å². The van der Waals surface area contributed by atoms with E-state index in [1.807, 2.05) is 10.3 Å². The number of alkyl halides is 3. The van der Waals surface area contributed by atoms with E-state index in [0.717, 1.165) is 15.9 Å². The number of H-pyrrole nitrogens is 1. The van der Waals surface area contributed by atoms with Gasteiger partial charge >= 0.3 is 11.9 Å². The van der Waals surface area contributed by atoms with Gasteiger partial charge in [0.15, 0.2) is 0 Å². The van der Waals surface area contributed by atoms with Crippen molar-refractivity contribution in [3.8, 4) is 0 Å². The molecule has 3 rings (SSSR count). The van der Waals surface area contributed by atoms with Gasteiger partial charge in [-0.3, -0.25) is 23.9 Å². The summed E-state index contributed by atoms with van der Waals surface area (Å²) < 4.78 is 43.2. The number of hydrogen-bond donors (Lipinski definition) is 3. The number of carbonyl (C=O) groups is 2. The summed E-state index contributed by atoms with van der Waals surface area (Å²) in [7, 11) is 0. The Kier molecular flexibility index (Phi) is 4.91. The van der Waals surface area contributed by atoms with E-state index >= 15 is 0 Å². The Morgan fingerprint density at radius 3 is 2.61 bits per heavy atom. The molecule has 0 saturated carbocycles. The molecule has 28 heavy (non-hydrogen) atoms. The zero-order valence-electron chi connectivity index (χ0n) is 14.5. The zero-order valence-corrected chi connectivity index (χ0v) is 15.3. The maximum absolute atomic E-state index is 14.1. The molecular formula is C16H15F3N4O4S. The van der Waals surface area contributed by atoms with Crippen LogP contribution in [0, 0.1) is 0 Å². The van der Waals surface area contributed by atoms with E-state index in [4.69, 9.17) is 0 Å². The summed E-state index contributed by atoms with van der Waals surface area (Å²) in [5, 5.41) is 5.14. The van der Waals surface area contributed by atoms with Crippen molar-refractivity contribution >= 4 is 29.0 Å². The monoisotopic (exact) mass is 416 g/mol. The molecule has 3 heterocycles. The summed E-state index contributed by atoms with van der Waals surface area (Å²) in [4.78, 5) is 51.0. The number of hydrogen-bond acceptors (Lipinski definition) is 5. The molecule has 0 bridgehead atoms. The Bertz CT molecular complexity index is 1040. The lowest BCUT2D eigenvalue weighted by Gasteiger charge is -2.29. The van der Waals surface area contributed by atoms with Crippen LogP contribution in [-0.4, -0.2) is 27.5 Å². The Morgan fingerprint density at radius 1 is 1.32 bits per heavy atom. The Balaban J connectivity index is 2.24. The summed E-state index contributed by atoms with van der Waals surface area (Å²) >= 11 is 0.875. The molecule has 8 nitrogen and oxygen atoms in total. The van der Waals surface area contributed by atoms with Crippen LogP contribution in [0.5, 0.6) is 0 Å². The van der Waals surface area contributed by atoms with E-state index in [9.17, 15) is 32.3 Å². The van der Waals surface area contributed by atoms with Gasteiger partial charge in [0.2, 0.25) is 0 Å². The minimum absolute atomic E-state index is 0.0124. The SMILES string of the molecule is CCCCn1c2c(c(=O)[nH]c1=O)[C@@](NC(=O)c1cccs1)(C(F)(F)F)C(=O)N2. The van der Waals surface area contributed by atoms with Crippen molar-refractivity contribution < 1.29 is 22.8 Å². The van der Waals surface area contributed by atoms with Crippen molar-refractivity contribution in [1.82, 2.24) is 14.9 Å². The largest absolute Gasteiger partial charge is 0.425 e. The first-order valence-electron chi connectivity index (χ1n) is 8.25. The fourth-order valence-electron chi connectivity index (χ4n) is 2.99. The molecule has 0 aromatic carbocycles. The number of thiophene rings is 1. The molecule has 0 spiro atoms. The third kappa shape index (κ3) is 2.93. The molecule has 1 aliphatic heterocycles.